The summed E-state index contributed by atoms with van der Waals surface area (Å²) in [4.78, 5) is 51.1. The molecule has 1 fully saturated rings. The molecule has 1 aliphatic heterocycles. The second-order valence-electron chi connectivity index (χ2n) is 20.6. The molecule has 6 unspecified atom stereocenters. The lowest BCUT2D eigenvalue weighted by molar-refractivity contribution is -0.301. The molecule has 75 heavy (non-hydrogen) atoms. The quantitative estimate of drug-likeness (QED) is 0.0228. The summed E-state index contributed by atoms with van der Waals surface area (Å²) in [6.45, 7) is 5.85. The molecule has 12 heteroatoms. The van der Waals surface area contributed by atoms with Crippen LogP contribution in [0.4, 0.5) is 0 Å². The van der Waals surface area contributed by atoms with Crippen molar-refractivity contribution in [2.45, 2.75) is 302 Å². The van der Waals surface area contributed by atoms with E-state index in [2.05, 4.69) is 81.5 Å². The number of aliphatic carboxylic acids is 1. The Morgan fingerprint density at radius 1 is 0.453 bits per heavy atom. The lowest BCUT2D eigenvalue weighted by atomic mass is 9.98. The van der Waals surface area contributed by atoms with Crippen molar-refractivity contribution in [1.82, 2.24) is 0 Å². The molecule has 0 saturated carbocycles. The second kappa shape index (κ2) is 51.2. The van der Waals surface area contributed by atoms with Crippen LogP contribution in [0.2, 0.25) is 0 Å². The van der Waals surface area contributed by atoms with Gasteiger partial charge in [-0.25, -0.2) is 4.79 Å². The Kier molecular flexibility index (Phi) is 47.4. The normalized spacial score (nSPS) is 18.5. The topological polar surface area (TPSA) is 175 Å². The highest BCUT2D eigenvalue weighted by atomic mass is 16.7. The zero-order chi connectivity index (χ0) is 54.7. The van der Waals surface area contributed by atoms with Crippen LogP contribution in [0.3, 0.4) is 0 Å². The summed E-state index contributed by atoms with van der Waals surface area (Å²) >= 11 is 0. The fourth-order valence-corrected chi connectivity index (χ4v) is 8.94. The number of rotatable bonds is 51. The van der Waals surface area contributed by atoms with Gasteiger partial charge in [-0.05, 0) is 83.5 Å². The molecular weight excluding hydrogens is 949 g/mol. The summed E-state index contributed by atoms with van der Waals surface area (Å²) in [6.07, 6.45) is 50.5. The van der Waals surface area contributed by atoms with Crippen LogP contribution in [0.25, 0.3) is 0 Å². The van der Waals surface area contributed by atoms with Gasteiger partial charge in [0.15, 0.2) is 24.6 Å². The molecule has 0 aromatic rings. The summed E-state index contributed by atoms with van der Waals surface area (Å²) in [6, 6.07) is 0. The predicted octanol–water partition coefficient (Wildman–Crippen LogP) is 15.6. The number of hydrogen-bond donors (Lipinski definition) is 3. The van der Waals surface area contributed by atoms with Gasteiger partial charge in [0.05, 0.1) is 6.61 Å². The van der Waals surface area contributed by atoms with Gasteiger partial charge in [-0.1, -0.05) is 223 Å². The summed E-state index contributed by atoms with van der Waals surface area (Å²) in [5.41, 5.74) is 0. The maximum absolute atomic E-state index is 13.1. The lowest BCUT2D eigenvalue weighted by Crippen LogP contribution is -2.61. The fraction of sp³-hybridized carbons (Fsp3) is 0.778. The number of esters is 3. The summed E-state index contributed by atoms with van der Waals surface area (Å²) in [7, 11) is 0. The minimum absolute atomic E-state index is 0.0522. The average Bonchev–Trinajstić information content (AvgIpc) is 3.39. The van der Waals surface area contributed by atoms with Gasteiger partial charge in [-0.3, -0.25) is 14.4 Å². The SMILES string of the molecule is CC/C=C\C/C=C\C/C=C\C/C=C\CCCCC(=O)OCC(COC1OC(C(=O)O)C(O)C(O)C1OC(=O)CCCCCCCCC/C=C\CCCCCCCC)OC(=O)CCCCCCCCCCCCCCC. The molecule has 12 nitrogen and oxygen atoms in total. The van der Waals surface area contributed by atoms with E-state index in [9.17, 15) is 34.5 Å². The van der Waals surface area contributed by atoms with Crippen LogP contribution in [0.15, 0.2) is 60.8 Å². The van der Waals surface area contributed by atoms with Crippen molar-refractivity contribution in [2.75, 3.05) is 13.2 Å². The Hall–Kier alpha value is -3.58. The van der Waals surface area contributed by atoms with E-state index in [0.717, 1.165) is 89.9 Å². The van der Waals surface area contributed by atoms with Gasteiger partial charge in [-0.15, -0.1) is 0 Å². The third-order valence-electron chi connectivity index (χ3n) is 13.6. The van der Waals surface area contributed by atoms with Crippen LogP contribution >= 0.6 is 0 Å². The zero-order valence-electron chi connectivity index (χ0n) is 47.5. The van der Waals surface area contributed by atoms with Gasteiger partial charge < -0.3 is 39.0 Å². The Balaban J connectivity index is 2.70. The highest BCUT2D eigenvalue weighted by Gasteiger charge is 2.50. The fourth-order valence-electron chi connectivity index (χ4n) is 8.94. The van der Waals surface area contributed by atoms with Crippen molar-refractivity contribution in [3.63, 3.8) is 0 Å². The van der Waals surface area contributed by atoms with Crippen LogP contribution in [0.5, 0.6) is 0 Å². The van der Waals surface area contributed by atoms with Gasteiger partial charge >= 0.3 is 23.9 Å². The number of ether oxygens (including phenoxy) is 5. The first-order chi connectivity index (χ1) is 36.6. The number of carbonyl (C=O) groups excluding carboxylic acids is 3. The number of aliphatic hydroxyl groups excluding tert-OH is 2. The molecule has 0 spiro atoms. The highest BCUT2D eigenvalue weighted by molar-refractivity contribution is 5.74. The molecule has 432 valence electrons. The Morgan fingerprint density at radius 2 is 0.840 bits per heavy atom. The molecule has 1 heterocycles. The van der Waals surface area contributed by atoms with Crippen LogP contribution in [-0.2, 0) is 42.9 Å². The number of carboxylic acids is 1. The minimum Gasteiger partial charge on any atom is -0.479 e. The van der Waals surface area contributed by atoms with E-state index >= 15 is 0 Å². The van der Waals surface area contributed by atoms with E-state index in [0.29, 0.717) is 19.3 Å². The first-order valence-electron chi connectivity index (χ1n) is 30.3. The highest BCUT2D eigenvalue weighted by Crippen LogP contribution is 2.26. The van der Waals surface area contributed by atoms with Crippen molar-refractivity contribution >= 4 is 23.9 Å². The standard InChI is InChI=1S/C63H108O12/c1-4-7-10-13-16-19-22-25-27-28-30-33-36-39-42-45-48-51-57(66)74-61-59(68)58(67)60(62(69)70)75-63(61)72-53-54(73-56(65)50-47-44-41-38-35-31-24-21-18-15-12-9-6-3)52-71-55(64)49-46-43-40-37-34-32-29-26-23-20-17-14-11-8-5-2/h8,11,17,20,25-27,29,34,37,54,58-61,63,67-68H,4-7,9-10,12-16,18-19,21-24,28,30-33,35-36,38-53H2,1-3H3,(H,69,70)/b11-8-,20-17-,27-25-,29-26-,37-34-. The van der Waals surface area contributed by atoms with Crippen LogP contribution in [-0.4, -0.2) is 89.2 Å². The van der Waals surface area contributed by atoms with Crippen molar-refractivity contribution in [3.8, 4) is 0 Å². The molecule has 6 atom stereocenters. The molecule has 0 aromatic carbocycles. The number of carboxylic acid groups (broad SMARTS) is 1. The molecule has 1 saturated heterocycles. The molecule has 0 amide bonds. The van der Waals surface area contributed by atoms with Gasteiger partial charge in [0.2, 0.25) is 0 Å². The first-order valence-corrected chi connectivity index (χ1v) is 30.3. The maximum atomic E-state index is 13.1. The van der Waals surface area contributed by atoms with E-state index < -0.39 is 67.3 Å². The smallest absolute Gasteiger partial charge is 0.335 e. The number of carbonyl (C=O) groups is 4. The van der Waals surface area contributed by atoms with Crippen LogP contribution < -0.4 is 0 Å². The number of hydrogen-bond acceptors (Lipinski definition) is 11. The van der Waals surface area contributed by atoms with Crippen LogP contribution in [0, 0.1) is 0 Å². The Bertz CT molecular complexity index is 1540. The summed E-state index contributed by atoms with van der Waals surface area (Å²) in [5.74, 6) is -3.17. The molecule has 0 aliphatic carbocycles. The zero-order valence-corrected chi connectivity index (χ0v) is 47.5. The van der Waals surface area contributed by atoms with Crippen LogP contribution in [0.1, 0.15) is 265 Å². The van der Waals surface area contributed by atoms with E-state index in [1.807, 2.05) is 0 Å². The van der Waals surface area contributed by atoms with Gasteiger partial charge in [0.25, 0.3) is 0 Å². The van der Waals surface area contributed by atoms with Gasteiger partial charge in [0, 0.05) is 19.3 Å². The molecular formula is C63H108O12. The van der Waals surface area contributed by atoms with Gasteiger partial charge in [-0.2, -0.15) is 0 Å². The van der Waals surface area contributed by atoms with Crippen molar-refractivity contribution in [2.24, 2.45) is 0 Å². The molecule has 0 radical (unpaired) electrons. The first kappa shape index (κ1) is 69.4. The van der Waals surface area contributed by atoms with E-state index in [4.69, 9.17) is 23.7 Å². The Labute approximate surface area is 456 Å². The predicted molar refractivity (Wildman–Crippen MR) is 303 cm³/mol. The molecule has 0 bridgehead atoms. The molecule has 0 aromatic heterocycles. The van der Waals surface area contributed by atoms with E-state index in [1.165, 1.54) is 116 Å². The maximum Gasteiger partial charge on any atom is 0.335 e. The van der Waals surface area contributed by atoms with Gasteiger partial charge in [0.1, 0.15) is 18.8 Å². The largest absolute Gasteiger partial charge is 0.479 e. The lowest BCUT2D eigenvalue weighted by Gasteiger charge is -2.40. The van der Waals surface area contributed by atoms with Crippen molar-refractivity contribution in [1.29, 1.82) is 0 Å². The monoisotopic (exact) mass is 1060 g/mol. The third kappa shape index (κ3) is 41.2. The van der Waals surface area contributed by atoms with E-state index in [-0.39, 0.29) is 25.9 Å². The summed E-state index contributed by atoms with van der Waals surface area (Å²) in [5, 5.41) is 31.5. The third-order valence-corrected chi connectivity index (χ3v) is 13.6. The summed E-state index contributed by atoms with van der Waals surface area (Å²) < 4.78 is 28.4. The average molecular weight is 1060 g/mol. The number of allylic oxidation sites excluding steroid dienone is 10. The number of aliphatic hydroxyl groups is 2. The molecule has 1 aliphatic rings. The Morgan fingerprint density at radius 3 is 1.32 bits per heavy atom. The van der Waals surface area contributed by atoms with Crippen molar-refractivity contribution < 1.29 is 58.2 Å². The van der Waals surface area contributed by atoms with Crippen molar-refractivity contribution in [3.05, 3.63) is 60.8 Å². The number of unbranched alkanes of at least 4 members (excludes halogenated alkanes) is 27. The minimum atomic E-state index is -1.91. The second-order valence-corrected chi connectivity index (χ2v) is 20.6. The van der Waals surface area contributed by atoms with E-state index in [1.54, 1.807) is 0 Å². The molecule has 3 N–H and O–H groups in total. The molecule has 1 rings (SSSR count).